The van der Waals surface area contributed by atoms with Crippen LogP contribution in [0.2, 0.25) is 0 Å². The SMILES string of the molecule is CN1C=C(C(F)(F)F)C=CC1=C1C(=O)c2ccccc2C1=O. The van der Waals surface area contributed by atoms with Gasteiger partial charge in [0.25, 0.3) is 0 Å². The summed E-state index contributed by atoms with van der Waals surface area (Å²) in [5, 5.41) is 0. The fourth-order valence-electron chi connectivity index (χ4n) is 2.52. The van der Waals surface area contributed by atoms with Crippen molar-refractivity contribution < 1.29 is 22.8 Å². The zero-order valence-electron chi connectivity index (χ0n) is 11.4. The second kappa shape index (κ2) is 4.69. The lowest BCUT2D eigenvalue weighted by molar-refractivity contribution is -0.0892. The Balaban J connectivity index is 2.08. The number of fused-ring (bicyclic) bond motifs is 1. The largest absolute Gasteiger partial charge is 0.417 e. The number of Topliss-reactive ketones (excluding diaryl/α,β-unsaturated/α-hetero) is 2. The average Bonchev–Trinajstić information content (AvgIpc) is 2.71. The van der Waals surface area contributed by atoms with Crippen molar-refractivity contribution in [2.24, 2.45) is 0 Å². The van der Waals surface area contributed by atoms with Gasteiger partial charge in [0, 0.05) is 24.4 Å². The van der Waals surface area contributed by atoms with E-state index in [2.05, 4.69) is 0 Å². The third kappa shape index (κ3) is 2.07. The molecular formula is C16H10F3NO2. The van der Waals surface area contributed by atoms with Gasteiger partial charge in [-0.15, -0.1) is 0 Å². The highest BCUT2D eigenvalue weighted by Gasteiger charge is 2.38. The minimum atomic E-state index is -4.48. The molecule has 1 aliphatic carbocycles. The van der Waals surface area contributed by atoms with E-state index in [0.717, 1.165) is 23.3 Å². The number of benzene rings is 1. The van der Waals surface area contributed by atoms with Crippen molar-refractivity contribution in [2.75, 3.05) is 7.05 Å². The summed E-state index contributed by atoms with van der Waals surface area (Å²) in [4.78, 5) is 25.8. The molecule has 0 aromatic heterocycles. The molecule has 2 aliphatic rings. The Morgan fingerprint density at radius 3 is 1.95 bits per heavy atom. The fraction of sp³-hybridized carbons (Fsp3) is 0.125. The summed E-state index contributed by atoms with van der Waals surface area (Å²) in [5.74, 6) is -0.924. The van der Waals surface area contributed by atoms with Crippen LogP contribution in [0.5, 0.6) is 0 Å². The van der Waals surface area contributed by atoms with Crippen LogP contribution in [-0.4, -0.2) is 29.7 Å². The smallest absolute Gasteiger partial charge is 0.350 e. The molecule has 0 N–H and O–H groups in total. The van der Waals surface area contributed by atoms with E-state index in [1.165, 1.54) is 19.2 Å². The minimum absolute atomic E-state index is 0.0996. The van der Waals surface area contributed by atoms with Gasteiger partial charge >= 0.3 is 6.18 Å². The highest BCUT2D eigenvalue weighted by atomic mass is 19.4. The van der Waals surface area contributed by atoms with Gasteiger partial charge in [-0.1, -0.05) is 24.3 Å². The van der Waals surface area contributed by atoms with Gasteiger partial charge in [0.05, 0.1) is 16.8 Å². The zero-order chi connectivity index (χ0) is 16.1. The van der Waals surface area contributed by atoms with Crippen molar-refractivity contribution in [2.45, 2.75) is 6.18 Å². The molecule has 0 amide bonds. The Bertz CT molecular complexity index is 748. The number of carbonyl (C=O) groups is 2. The molecule has 0 radical (unpaired) electrons. The maximum absolute atomic E-state index is 12.7. The zero-order valence-corrected chi connectivity index (χ0v) is 11.4. The second-order valence-corrected chi connectivity index (χ2v) is 4.99. The Labute approximate surface area is 124 Å². The van der Waals surface area contributed by atoms with Gasteiger partial charge in [0.1, 0.15) is 0 Å². The molecule has 0 spiro atoms. The summed E-state index contributed by atoms with van der Waals surface area (Å²) in [7, 11) is 1.38. The number of hydrogen-bond acceptors (Lipinski definition) is 3. The van der Waals surface area contributed by atoms with Crippen LogP contribution < -0.4 is 0 Å². The van der Waals surface area contributed by atoms with Gasteiger partial charge in [-0.3, -0.25) is 9.59 Å². The van der Waals surface area contributed by atoms with Crippen LogP contribution in [0.15, 0.2) is 59.5 Å². The van der Waals surface area contributed by atoms with E-state index in [1.807, 2.05) is 0 Å². The number of likely N-dealkylation sites (N-methyl/N-ethyl adjacent to an activating group) is 1. The molecule has 0 unspecified atom stereocenters. The minimum Gasteiger partial charge on any atom is -0.350 e. The molecule has 1 aromatic rings. The molecule has 3 nitrogen and oxygen atoms in total. The number of ketones is 2. The first-order valence-corrected chi connectivity index (χ1v) is 6.43. The summed E-state index contributed by atoms with van der Waals surface area (Å²) in [6, 6.07) is 6.35. The predicted molar refractivity (Wildman–Crippen MR) is 73.2 cm³/mol. The first-order chi connectivity index (χ1) is 10.3. The maximum atomic E-state index is 12.7. The number of nitrogens with zero attached hydrogens (tertiary/aromatic N) is 1. The molecule has 0 saturated heterocycles. The van der Waals surface area contributed by atoms with Crippen LogP contribution in [0, 0.1) is 0 Å². The molecule has 0 fully saturated rings. The van der Waals surface area contributed by atoms with E-state index >= 15 is 0 Å². The molecule has 112 valence electrons. The second-order valence-electron chi connectivity index (χ2n) is 4.99. The quantitative estimate of drug-likeness (QED) is 0.545. The highest BCUT2D eigenvalue weighted by Crippen LogP contribution is 2.34. The molecule has 0 atom stereocenters. The van der Waals surface area contributed by atoms with E-state index in [0.29, 0.717) is 0 Å². The molecule has 6 heteroatoms. The third-order valence-electron chi connectivity index (χ3n) is 3.59. The number of rotatable bonds is 0. The van der Waals surface area contributed by atoms with E-state index < -0.39 is 23.3 Å². The Morgan fingerprint density at radius 1 is 0.955 bits per heavy atom. The van der Waals surface area contributed by atoms with Gasteiger partial charge in [-0.2, -0.15) is 13.2 Å². The normalized spacial score (nSPS) is 18.0. The topological polar surface area (TPSA) is 37.4 Å². The molecule has 22 heavy (non-hydrogen) atoms. The van der Waals surface area contributed by atoms with E-state index in [1.54, 1.807) is 12.1 Å². The lowest BCUT2D eigenvalue weighted by atomic mass is 10.0. The van der Waals surface area contributed by atoms with Gasteiger partial charge in [0.2, 0.25) is 0 Å². The van der Waals surface area contributed by atoms with Gasteiger partial charge in [-0.05, 0) is 12.2 Å². The van der Waals surface area contributed by atoms with Crippen molar-refractivity contribution in [3.8, 4) is 0 Å². The molecule has 1 aliphatic heterocycles. The number of allylic oxidation sites excluding steroid dienone is 4. The van der Waals surface area contributed by atoms with Crippen LogP contribution in [0.25, 0.3) is 0 Å². The van der Waals surface area contributed by atoms with Crippen molar-refractivity contribution >= 4 is 11.6 Å². The first-order valence-electron chi connectivity index (χ1n) is 6.43. The van der Waals surface area contributed by atoms with Crippen molar-refractivity contribution in [1.29, 1.82) is 0 Å². The van der Waals surface area contributed by atoms with E-state index in [9.17, 15) is 22.8 Å². The van der Waals surface area contributed by atoms with Gasteiger partial charge in [-0.25, -0.2) is 0 Å². The van der Waals surface area contributed by atoms with Crippen LogP contribution >= 0.6 is 0 Å². The monoisotopic (exact) mass is 305 g/mol. The van der Waals surface area contributed by atoms with Crippen molar-refractivity contribution in [3.63, 3.8) is 0 Å². The Kier molecular flexibility index (Phi) is 3.05. The summed E-state index contributed by atoms with van der Waals surface area (Å²) in [6.45, 7) is 0. The average molecular weight is 305 g/mol. The van der Waals surface area contributed by atoms with E-state index in [-0.39, 0.29) is 22.4 Å². The fourth-order valence-corrected chi connectivity index (χ4v) is 2.52. The standard InChI is InChI=1S/C16H10F3NO2/c1-20-8-9(16(17,18)19)6-7-12(20)13-14(21)10-4-2-3-5-11(10)15(13)22/h2-8H,1H3. The summed E-state index contributed by atoms with van der Waals surface area (Å²) >= 11 is 0. The number of alkyl halides is 3. The van der Waals surface area contributed by atoms with Crippen LogP contribution in [-0.2, 0) is 0 Å². The van der Waals surface area contributed by atoms with Gasteiger partial charge in [0.15, 0.2) is 11.6 Å². The first kappa shape index (κ1) is 14.3. The number of hydrogen-bond donors (Lipinski definition) is 0. The van der Waals surface area contributed by atoms with Crippen LogP contribution in [0.4, 0.5) is 13.2 Å². The number of carbonyl (C=O) groups excluding carboxylic acids is 2. The Morgan fingerprint density at radius 2 is 1.50 bits per heavy atom. The third-order valence-corrected chi connectivity index (χ3v) is 3.59. The van der Waals surface area contributed by atoms with Crippen LogP contribution in [0.3, 0.4) is 0 Å². The molecule has 1 aromatic carbocycles. The van der Waals surface area contributed by atoms with Crippen LogP contribution in [0.1, 0.15) is 20.7 Å². The molecule has 1 heterocycles. The molecule has 3 rings (SSSR count). The molecular weight excluding hydrogens is 295 g/mol. The number of halogens is 3. The lowest BCUT2D eigenvalue weighted by Crippen LogP contribution is -2.23. The van der Waals surface area contributed by atoms with Gasteiger partial charge < -0.3 is 4.90 Å². The Hall–Kier alpha value is -2.63. The summed E-state index contributed by atoms with van der Waals surface area (Å²) in [5.41, 5.74) is -0.212. The highest BCUT2D eigenvalue weighted by molar-refractivity contribution is 6.39. The summed E-state index contributed by atoms with van der Waals surface area (Å²) < 4.78 is 38.1. The summed E-state index contributed by atoms with van der Waals surface area (Å²) in [6.07, 6.45) is -1.59. The van der Waals surface area contributed by atoms with Crippen molar-refractivity contribution in [1.82, 2.24) is 4.90 Å². The molecule has 0 saturated carbocycles. The lowest BCUT2D eigenvalue weighted by Gasteiger charge is -2.23. The predicted octanol–water partition coefficient (Wildman–Crippen LogP) is 3.27. The molecule has 0 bridgehead atoms. The maximum Gasteiger partial charge on any atom is 0.417 e. The van der Waals surface area contributed by atoms with Crippen molar-refractivity contribution in [3.05, 3.63) is 70.6 Å². The van der Waals surface area contributed by atoms with E-state index in [4.69, 9.17) is 0 Å².